The number of hydrogen-bond donors (Lipinski definition) is 2. The van der Waals surface area contributed by atoms with E-state index in [0.29, 0.717) is 16.5 Å². The number of rotatable bonds is 4. The summed E-state index contributed by atoms with van der Waals surface area (Å²) in [7, 11) is 0. The van der Waals surface area contributed by atoms with Crippen LogP contribution in [-0.4, -0.2) is 17.1 Å². The molecule has 1 aromatic carbocycles. The monoisotopic (exact) mass is 296 g/mol. The van der Waals surface area contributed by atoms with Gasteiger partial charge in [-0.05, 0) is 40.5 Å². The number of nitriles is 1. The van der Waals surface area contributed by atoms with Gasteiger partial charge in [-0.15, -0.1) is 0 Å². The molecule has 2 N–H and O–H groups in total. The molecule has 0 aliphatic heterocycles. The summed E-state index contributed by atoms with van der Waals surface area (Å²) >= 11 is 3.13. The summed E-state index contributed by atoms with van der Waals surface area (Å²) in [6.45, 7) is 1.95. The Morgan fingerprint density at radius 2 is 2.35 bits per heavy atom. The predicted octanol–water partition coefficient (Wildman–Crippen LogP) is 2.58. The van der Waals surface area contributed by atoms with E-state index in [9.17, 15) is 9.90 Å². The van der Waals surface area contributed by atoms with Gasteiger partial charge in [0.2, 0.25) is 0 Å². The smallest absolute Gasteiger partial charge is 0.252 e. The molecule has 4 nitrogen and oxygen atoms in total. The number of benzene rings is 1. The number of nitrogens with zero attached hydrogens (tertiary/aromatic N) is 1. The first-order valence-electron chi connectivity index (χ1n) is 5.27. The van der Waals surface area contributed by atoms with Crippen molar-refractivity contribution in [2.75, 3.05) is 0 Å². The van der Waals surface area contributed by atoms with E-state index in [-0.39, 0.29) is 11.7 Å². The lowest BCUT2D eigenvalue weighted by molar-refractivity contribution is 0.0943. The highest BCUT2D eigenvalue weighted by atomic mass is 79.9. The minimum Gasteiger partial charge on any atom is -0.507 e. The van der Waals surface area contributed by atoms with Crippen molar-refractivity contribution in [1.29, 1.82) is 5.26 Å². The molecular formula is C12H13BrN2O2. The fourth-order valence-electron chi connectivity index (χ4n) is 1.35. The van der Waals surface area contributed by atoms with E-state index < -0.39 is 6.04 Å². The van der Waals surface area contributed by atoms with Crippen molar-refractivity contribution in [2.45, 2.75) is 25.8 Å². The van der Waals surface area contributed by atoms with Gasteiger partial charge in [-0.1, -0.05) is 13.3 Å². The normalized spacial score (nSPS) is 11.6. The molecule has 0 aliphatic rings. The summed E-state index contributed by atoms with van der Waals surface area (Å²) in [5.74, 6) is -0.352. The summed E-state index contributed by atoms with van der Waals surface area (Å²) in [6, 6.07) is 6.07. The van der Waals surface area contributed by atoms with Crippen molar-refractivity contribution < 1.29 is 9.90 Å². The van der Waals surface area contributed by atoms with Crippen LogP contribution < -0.4 is 5.32 Å². The number of halogens is 1. The lowest BCUT2D eigenvalue weighted by Crippen LogP contribution is -2.33. The lowest BCUT2D eigenvalue weighted by Gasteiger charge is -2.10. The van der Waals surface area contributed by atoms with Crippen LogP contribution in [0.4, 0.5) is 0 Å². The fourth-order valence-corrected chi connectivity index (χ4v) is 1.60. The summed E-state index contributed by atoms with van der Waals surface area (Å²) < 4.78 is 0.527. The molecule has 90 valence electrons. The maximum absolute atomic E-state index is 11.8. The third kappa shape index (κ3) is 3.75. The molecule has 1 unspecified atom stereocenters. The zero-order valence-electron chi connectivity index (χ0n) is 9.40. The molecule has 0 fully saturated rings. The zero-order valence-corrected chi connectivity index (χ0v) is 11.0. The second-order valence-electron chi connectivity index (χ2n) is 3.61. The fraction of sp³-hybridized carbons (Fsp3) is 0.333. The lowest BCUT2D eigenvalue weighted by atomic mass is 10.1. The van der Waals surface area contributed by atoms with Crippen LogP contribution in [0.1, 0.15) is 30.1 Å². The SMILES string of the molecule is CCCC(C#N)NC(=O)c1ccc(Br)c(O)c1. The Labute approximate surface area is 108 Å². The van der Waals surface area contributed by atoms with E-state index >= 15 is 0 Å². The van der Waals surface area contributed by atoms with Crippen LogP contribution in [0.25, 0.3) is 0 Å². The first kappa shape index (κ1) is 13.5. The van der Waals surface area contributed by atoms with Gasteiger partial charge in [0.05, 0.1) is 10.5 Å². The van der Waals surface area contributed by atoms with Gasteiger partial charge in [0.25, 0.3) is 5.91 Å². The highest BCUT2D eigenvalue weighted by Gasteiger charge is 2.13. The van der Waals surface area contributed by atoms with Crippen LogP contribution in [0.2, 0.25) is 0 Å². The third-order valence-corrected chi connectivity index (χ3v) is 2.92. The number of phenolic OH excluding ortho intramolecular Hbond substituents is 1. The summed E-state index contributed by atoms with van der Waals surface area (Å²) in [5, 5.41) is 20.9. The first-order valence-corrected chi connectivity index (χ1v) is 6.06. The van der Waals surface area contributed by atoms with Gasteiger partial charge in [-0.3, -0.25) is 4.79 Å². The van der Waals surface area contributed by atoms with Gasteiger partial charge in [-0.2, -0.15) is 5.26 Å². The minimum atomic E-state index is -0.488. The van der Waals surface area contributed by atoms with E-state index in [1.807, 2.05) is 13.0 Å². The average Bonchev–Trinajstić information content (AvgIpc) is 2.31. The molecule has 0 bridgehead atoms. The van der Waals surface area contributed by atoms with Gasteiger partial charge in [-0.25, -0.2) is 0 Å². The largest absolute Gasteiger partial charge is 0.507 e. The van der Waals surface area contributed by atoms with Gasteiger partial charge in [0, 0.05) is 5.56 Å². The minimum absolute atomic E-state index is 0.00153. The molecule has 1 amide bonds. The van der Waals surface area contributed by atoms with Crippen LogP contribution in [-0.2, 0) is 0 Å². The Balaban J connectivity index is 2.76. The standard InChI is InChI=1S/C12H13BrN2O2/c1-2-3-9(7-14)15-12(17)8-4-5-10(13)11(16)6-8/h4-6,9,16H,2-3H2,1H3,(H,15,17). The van der Waals surface area contributed by atoms with Crippen LogP contribution in [0.5, 0.6) is 5.75 Å². The third-order valence-electron chi connectivity index (χ3n) is 2.25. The summed E-state index contributed by atoms with van der Waals surface area (Å²) in [6.07, 6.45) is 1.44. The molecule has 0 saturated carbocycles. The topological polar surface area (TPSA) is 73.1 Å². The van der Waals surface area contributed by atoms with E-state index in [1.54, 1.807) is 12.1 Å². The second kappa shape index (κ2) is 6.26. The number of phenols is 1. The van der Waals surface area contributed by atoms with E-state index in [4.69, 9.17) is 5.26 Å². The molecule has 0 heterocycles. The molecule has 1 rings (SSSR count). The molecule has 0 saturated heterocycles. The van der Waals surface area contributed by atoms with E-state index in [1.165, 1.54) is 6.07 Å². The van der Waals surface area contributed by atoms with Crippen molar-refractivity contribution >= 4 is 21.8 Å². The highest BCUT2D eigenvalue weighted by Crippen LogP contribution is 2.24. The van der Waals surface area contributed by atoms with Crippen LogP contribution in [0.3, 0.4) is 0 Å². The number of carbonyl (C=O) groups is 1. The van der Waals surface area contributed by atoms with Crippen LogP contribution in [0.15, 0.2) is 22.7 Å². The quantitative estimate of drug-likeness (QED) is 0.897. The number of aromatic hydroxyl groups is 1. The average molecular weight is 297 g/mol. The maximum Gasteiger partial charge on any atom is 0.252 e. The molecule has 1 atom stereocenters. The molecule has 0 aliphatic carbocycles. The Bertz CT molecular complexity index is 454. The Hall–Kier alpha value is -1.54. The van der Waals surface area contributed by atoms with Crippen LogP contribution >= 0.6 is 15.9 Å². The molecule has 0 radical (unpaired) electrons. The van der Waals surface area contributed by atoms with Crippen molar-refractivity contribution in [1.82, 2.24) is 5.32 Å². The van der Waals surface area contributed by atoms with E-state index in [2.05, 4.69) is 21.2 Å². The Morgan fingerprint density at radius 1 is 1.65 bits per heavy atom. The molecule has 1 aromatic rings. The summed E-state index contributed by atoms with van der Waals surface area (Å²) in [5.41, 5.74) is 0.335. The van der Waals surface area contributed by atoms with Crippen LogP contribution in [0, 0.1) is 11.3 Å². The number of nitrogens with one attached hydrogen (secondary N) is 1. The molecule has 5 heteroatoms. The second-order valence-corrected chi connectivity index (χ2v) is 4.46. The maximum atomic E-state index is 11.8. The van der Waals surface area contributed by atoms with Crippen molar-refractivity contribution in [3.05, 3.63) is 28.2 Å². The number of amides is 1. The number of hydrogen-bond acceptors (Lipinski definition) is 3. The van der Waals surface area contributed by atoms with Crippen molar-refractivity contribution in [3.63, 3.8) is 0 Å². The molecule has 0 aromatic heterocycles. The van der Waals surface area contributed by atoms with Gasteiger partial charge in [0.15, 0.2) is 0 Å². The molecular weight excluding hydrogens is 284 g/mol. The Kier molecular flexibility index (Phi) is 4.98. The van der Waals surface area contributed by atoms with Crippen molar-refractivity contribution in [2.24, 2.45) is 0 Å². The zero-order chi connectivity index (χ0) is 12.8. The Morgan fingerprint density at radius 3 is 2.88 bits per heavy atom. The van der Waals surface area contributed by atoms with Crippen molar-refractivity contribution in [3.8, 4) is 11.8 Å². The van der Waals surface area contributed by atoms with Gasteiger partial charge < -0.3 is 10.4 Å². The summed E-state index contributed by atoms with van der Waals surface area (Å²) in [4.78, 5) is 11.8. The molecule has 0 spiro atoms. The first-order chi connectivity index (χ1) is 8.08. The van der Waals surface area contributed by atoms with Gasteiger partial charge in [0.1, 0.15) is 11.8 Å². The predicted molar refractivity (Wildman–Crippen MR) is 67.6 cm³/mol. The van der Waals surface area contributed by atoms with Gasteiger partial charge >= 0.3 is 0 Å². The highest BCUT2D eigenvalue weighted by molar-refractivity contribution is 9.10. The number of carbonyl (C=O) groups excluding carboxylic acids is 1. The molecule has 17 heavy (non-hydrogen) atoms. The van der Waals surface area contributed by atoms with E-state index in [0.717, 1.165) is 6.42 Å².